The maximum atomic E-state index is 12.9. The summed E-state index contributed by atoms with van der Waals surface area (Å²) in [5, 5.41) is 2.66. The van der Waals surface area contributed by atoms with Gasteiger partial charge in [-0.05, 0) is 44.9 Å². The number of piperazine rings is 1. The van der Waals surface area contributed by atoms with Crippen molar-refractivity contribution in [2.24, 2.45) is 0 Å². The Hall–Kier alpha value is -1.91. The Morgan fingerprint density at radius 3 is 2.45 bits per heavy atom. The van der Waals surface area contributed by atoms with E-state index in [0.29, 0.717) is 6.42 Å². The van der Waals surface area contributed by atoms with E-state index in [1.165, 1.54) is 12.1 Å². The lowest BCUT2D eigenvalue weighted by Crippen LogP contribution is -2.63. The van der Waals surface area contributed by atoms with Gasteiger partial charge < -0.3 is 10.2 Å². The van der Waals surface area contributed by atoms with E-state index in [4.69, 9.17) is 0 Å². The molecule has 1 aliphatic rings. The molecule has 3 unspecified atom stereocenters. The van der Waals surface area contributed by atoms with Crippen molar-refractivity contribution in [3.63, 3.8) is 0 Å². The highest BCUT2D eigenvalue weighted by atomic mass is 19.1. The van der Waals surface area contributed by atoms with E-state index in [1.54, 1.807) is 30.9 Å². The number of hydrogen-bond acceptors (Lipinski definition) is 2. The maximum absolute atomic E-state index is 12.9. The van der Waals surface area contributed by atoms with E-state index in [9.17, 15) is 14.0 Å². The van der Waals surface area contributed by atoms with E-state index in [0.717, 1.165) is 5.56 Å². The van der Waals surface area contributed by atoms with Crippen LogP contribution in [0.2, 0.25) is 0 Å². The van der Waals surface area contributed by atoms with Crippen LogP contribution in [0.5, 0.6) is 0 Å². The largest absolute Gasteiger partial charge is 0.343 e. The number of halogens is 1. The molecule has 0 radical (unpaired) electrons. The predicted octanol–water partition coefficient (Wildman–Crippen LogP) is 1.49. The molecule has 1 saturated heterocycles. The molecule has 2 amide bonds. The third-order valence-electron chi connectivity index (χ3n) is 3.70. The third kappa shape index (κ3) is 2.81. The van der Waals surface area contributed by atoms with E-state index in [2.05, 4.69) is 5.32 Å². The summed E-state index contributed by atoms with van der Waals surface area (Å²) in [5.41, 5.74) is 0.942. The average molecular weight is 278 g/mol. The highest BCUT2D eigenvalue weighted by Gasteiger charge is 2.38. The molecule has 2 rings (SSSR count). The van der Waals surface area contributed by atoms with Gasteiger partial charge in [-0.15, -0.1) is 0 Å². The fourth-order valence-electron chi connectivity index (χ4n) is 2.60. The van der Waals surface area contributed by atoms with E-state index >= 15 is 0 Å². The van der Waals surface area contributed by atoms with Gasteiger partial charge in [-0.3, -0.25) is 9.59 Å². The number of carbonyl (C=O) groups is 2. The van der Waals surface area contributed by atoms with Gasteiger partial charge in [0.15, 0.2) is 0 Å². The first-order chi connectivity index (χ1) is 9.40. The van der Waals surface area contributed by atoms with Crippen molar-refractivity contribution in [2.45, 2.75) is 45.3 Å². The zero-order valence-corrected chi connectivity index (χ0v) is 11.9. The van der Waals surface area contributed by atoms with Crippen molar-refractivity contribution in [1.29, 1.82) is 0 Å². The lowest BCUT2D eigenvalue weighted by molar-refractivity contribution is -0.150. The van der Waals surface area contributed by atoms with Crippen molar-refractivity contribution in [2.75, 3.05) is 0 Å². The third-order valence-corrected chi connectivity index (χ3v) is 3.70. The number of benzene rings is 1. The van der Waals surface area contributed by atoms with Crippen LogP contribution in [0, 0.1) is 5.82 Å². The first kappa shape index (κ1) is 14.5. The summed E-state index contributed by atoms with van der Waals surface area (Å²) in [6.07, 6.45) is 0.594. The maximum Gasteiger partial charge on any atom is 0.245 e. The number of amides is 2. The van der Waals surface area contributed by atoms with Crippen molar-refractivity contribution < 1.29 is 14.0 Å². The topological polar surface area (TPSA) is 49.4 Å². The zero-order valence-electron chi connectivity index (χ0n) is 11.9. The monoisotopic (exact) mass is 278 g/mol. The molecule has 0 spiro atoms. The Kier molecular flexibility index (Phi) is 4.06. The molecule has 108 valence electrons. The first-order valence-corrected chi connectivity index (χ1v) is 6.77. The highest BCUT2D eigenvalue weighted by molar-refractivity contribution is 5.96. The minimum Gasteiger partial charge on any atom is -0.343 e. The van der Waals surface area contributed by atoms with Crippen molar-refractivity contribution in [3.8, 4) is 0 Å². The fraction of sp³-hybridized carbons (Fsp3) is 0.467. The molecule has 1 heterocycles. The van der Waals surface area contributed by atoms with Crippen LogP contribution >= 0.6 is 0 Å². The molecule has 0 aliphatic carbocycles. The Balaban J connectivity index is 2.14. The number of hydrogen-bond donors (Lipinski definition) is 1. The van der Waals surface area contributed by atoms with Gasteiger partial charge in [-0.25, -0.2) is 4.39 Å². The summed E-state index contributed by atoms with van der Waals surface area (Å²) in [6.45, 7) is 5.31. The molecule has 0 saturated carbocycles. The predicted molar refractivity (Wildman–Crippen MR) is 73.5 cm³/mol. The second-order valence-electron chi connectivity index (χ2n) is 5.33. The van der Waals surface area contributed by atoms with E-state index in [1.807, 2.05) is 6.92 Å². The summed E-state index contributed by atoms with van der Waals surface area (Å²) in [7, 11) is 0. The molecule has 1 aromatic rings. The first-order valence-electron chi connectivity index (χ1n) is 6.77. The summed E-state index contributed by atoms with van der Waals surface area (Å²) in [6, 6.07) is 5.13. The van der Waals surface area contributed by atoms with Gasteiger partial charge in [0.2, 0.25) is 11.8 Å². The Morgan fingerprint density at radius 1 is 1.25 bits per heavy atom. The smallest absolute Gasteiger partial charge is 0.245 e. The number of rotatable bonds is 3. The number of carbonyl (C=O) groups excluding carboxylic acids is 2. The summed E-state index contributed by atoms with van der Waals surface area (Å²) >= 11 is 0. The molecule has 3 atom stereocenters. The quantitative estimate of drug-likeness (QED) is 0.910. The van der Waals surface area contributed by atoms with Gasteiger partial charge >= 0.3 is 0 Å². The van der Waals surface area contributed by atoms with Crippen molar-refractivity contribution in [3.05, 3.63) is 35.6 Å². The van der Waals surface area contributed by atoms with Crippen LogP contribution in [0.25, 0.3) is 0 Å². The summed E-state index contributed by atoms with van der Waals surface area (Å²) in [5.74, 6) is -0.494. The minimum absolute atomic E-state index is 0.0771. The Morgan fingerprint density at radius 2 is 1.85 bits per heavy atom. The second-order valence-corrected chi connectivity index (χ2v) is 5.33. The molecule has 4 nitrogen and oxygen atoms in total. The molecule has 1 aliphatic heterocycles. The van der Waals surface area contributed by atoms with Gasteiger partial charge in [-0.1, -0.05) is 12.1 Å². The molecule has 1 aromatic carbocycles. The van der Waals surface area contributed by atoms with Gasteiger partial charge in [0.05, 0.1) is 0 Å². The van der Waals surface area contributed by atoms with Gasteiger partial charge in [0.25, 0.3) is 0 Å². The van der Waals surface area contributed by atoms with Crippen LogP contribution < -0.4 is 5.32 Å². The number of nitrogens with zero attached hydrogens (tertiary/aromatic N) is 1. The highest BCUT2D eigenvalue weighted by Crippen LogP contribution is 2.17. The van der Waals surface area contributed by atoms with Gasteiger partial charge in [-0.2, -0.15) is 0 Å². The summed E-state index contributed by atoms with van der Waals surface area (Å²) < 4.78 is 12.9. The van der Waals surface area contributed by atoms with Crippen LogP contribution in [0.4, 0.5) is 4.39 Å². The molecular weight excluding hydrogens is 259 g/mol. The zero-order chi connectivity index (χ0) is 14.9. The standard InChI is InChI=1S/C15H19FN2O2/c1-9(8-12-4-6-13(16)7-5-12)18-11(3)14(19)17-10(2)15(18)20/h4-7,9-11H,8H2,1-3H3,(H,17,19). The van der Waals surface area contributed by atoms with E-state index in [-0.39, 0.29) is 23.7 Å². The molecule has 0 aromatic heterocycles. The molecular formula is C15H19FN2O2. The fourth-order valence-corrected chi connectivity index (χ4v) is 2.60. The minimum atomic E-state index is -0.491. The number of nitrogens with one attached hydrogen (secondary N) is 1. The van der Waals surface area contributed by atoms with Crippen LogP contribution in [-0.2, 0) is 16.0 Å². The average Bonchev–Trinajstić information content (AvgIpc) is 2.39. The molecule has 1 fully saturated rings. The molecule has 5 heteroatoms. The molecule has 1 N–H and O–H groups in total. The van der Waals surface area contributed by atoms with E-state index < -0.39 is 12.1 Å². The molecule has 0 bridgehead atoms. The Labute approximate surface area is 118 Å². The lowest BCUT2D eigenvalue weighted by atomic mass is 10.0. The SMILES string of the molecule is CC1NC(=O)C(C)N(C(C)Cc2ccc(F)cc2)C1=O. The lowest BCUT2D eigenvalue weighted by Gasteiger charge is -2.40. The van der Waals surface area contributed by atoms with Crippen molar-refractivity contribution in [1.82, 2.24) is 10.2 Å². The van der Waals surface area contributed by atoms with Gasteiger partial charge in [0, 0.05) is 6.04 Å². The van der Waals surface area contributed by atoms with Crippen LogP contribution in [0.15, 0.2) is 24.3 Å². The Bertz CT molecular complexity index is 515. The summed E-state index contributed by atoms with van der Waals surface area (Å²) in [4.78, 5) is 25.6. The van der Waals surface area contributed by atoms with Gasteiger partial charge in [0.1, 0.15) is 17.9 Å². The van der Waals surface area contributed by atoms with Crippen LogP contribution in [-0.4, -0.2) is 34.8 Å². The van der Waals surface area contributed by atoms with Crippen LogP contribution in [0.3, 0.4) is 0 Å². The van der Waals surface area contributed by atoms with Crippen LogP contribution in [0.1, 0.15) is 26.3 Å². The normalized spacial score (nSPS) is 24.5. The molecule has 20 heavy (non-hydrogen) atoms. The second kappa shape index (κ2) is 5.61. The van der Waals surface area contributed by atoms with Crippen molar-refractivity contribution >= 4 is 11.8 Å².